The van der Waals surface area contributed by atoms with Crippen LogP contribution in [-0.2, 0) is 25.8 Å². The van der Waals surface area contributed by atoms with Crippen molar-refractivity contribution in [2.24, 2.45) is 11.8 Å². The predicted molar refractivity (Wildman–Crippen MR) is 235 cm³/mol. The van der Waals surface area contributed by atoms with E-state index >= 15 is 0 Å². The molecule has 4 aromatic carbocycles. The summed E-state index contributed by atoms with van der Waals surface area (Å²) >= 11 is 0. The number of carbonyl (C=O) groups excluding carboxylic acids is 3. The quantitative estimate of drug-likeness (QED) is 0.172. The second-order valence-electron chi connectivity index (χ2n) is 11.4. The topological polar surface area (TPSA) is 97.4 Å². The van der Waals surface area contributed by atoms with Crippen LogP contribution in [0.25, 0.3) is 0 Å². The van der Waals surface area contributed by atoms with Crippen molar-refractivity contribution in [2.75, 3.05) is 11.1 Å². The van der Waals surface area contributed by atoms with Gasteiger partial charge in [-0.1, -0.05) is 189 Å². The molecule has 1 amide bonds. The van der Waals surface area contributed by atoms with E-state index in [9.17, 15) is 22.8 Å². The number of sulfone groups is 1. The molecule has 0 atom stereocenters. The first kappa shape index (κ1) is 60.7. The molecule has 0 fully saturated rings. The van der Waals surface area contributed by atoms with E-state index in [-0.39, 0.29) is 72.2 Å². The van der Waals surface area contributed by atoms with Gasteiger partial charge in [0.2, 0.25) is 5.91 Å². The molecule has 0 heterocycles. The molecule has 0 aliphatic carbocycles. The van der Waals surface area contributed by atoms with Gasteiger partial charge in [0.05, 0.1) is 10.6 Å². The van der Waals surface area contributed by atoms with Crippen LogP contribution >= 0.6 is 0 Å². The molecule has 0 aliphatic rings. The highest BCUT2D eigenvalue weighted by Gasteiger charge is 2.09. The molecular formula is C46H75NO5S. The van der Waals surface area contributed by atoms with Crippen molar-refractivity contribution in [1.29, 1.82) is 0 Å². The molecule has 300 valence electrons. The average Bonchev–Trinajstić information content (AvgIpc) is 3.11. The summed E-state index contributed by atoms with van der Waals surface area (Å²) in [4.78, 5) is 32.8. The average molecular weight is 754 g/mol. The first-order chi connectivity index (χ1) is 22.8. The number of nitrogens with one attached hydrogen (secondary N) is 1. The molecule has 4 aromatic rings. The number of amides is 1. The molecule has 0 aromatic heterocycles. The summed E-state index contributed by atoms with van der Waals surface area (Å²) in [6.45, 7) is 14.8. The predicted octanol–water partition coefficient (Wildman–Crippen LogP) is 13.1. The zero-order valence-electron chi connectivity index (χ0n) is 30.0. The third-order valence-corrected chi connectivity index (χ3v) is 8.41. The monoisotopic (exact) mass is 754 g/mol. The number of para-hydroxylation sites is 1. The van der Waals surface area contributed by atoms with E-state index < -0.39 is 9.84 Å². The largest absolute Gasteiger partial charge is 0.326 e. The lowest BCUT2D eigenvalue weighted by molar-refractivity contribution is -0.120. The number of Topliss-reactive ketones (excluding diaryl/α,β-unsaturated/α-hetero) is 2. The first-order valence-corrected chi connectivity index (χ1v) is 18.2. The zero-order valence-corrected chi connectivity index (χ0v) is 30.8. The Bertz CT molecular complexity index is 1520. The van der Waals surface area contributed by atoms with Gasteiger partial charge in [-0.15, -0.1) is 0 Å². The Kier molecular flexibility index (Phi) is 41.3. The molecular weight excluding hydrogens is 679 g/mol. The van der Waals surface area contributed by atoms with Crippen LogP contribution in [0.4, 0.5) is 5.69 Å². The SMILES string of the molecule is C.C.C.C.C.CC(=O)C(C)C.CC(C)C(=O)Nc1ccccc1.CCC(=O)c1ccccc1.CCCc1ccccc1.CCS(=O)(=O)c1ccccc1. The van der Waals surface area contributed by atoms with Gasteiger partial charge in [-0.25, -0.2) is 8.42 Å². The minimum Gasteiger partial charge on any atom is -0.326 e. The fourth-order valence-corrected chi connectivity index (χ4v) is 4.27. The highest BCUT2D eigenvalue weighted by molar-refractivity contribution is 7.91. The number of hydrogen-bond donors (Lipinski definition) is 1. The Hall–Kier alpha value is -4.36. The van der Waals surface area contributed by atoms with Crippen LogP contribution in [0.1, 0.15) is 121 Å². The van der Waals surface area contributed by atoms with Gasteiger partial charge >= 0.3 is 0 Å². The van der Waals surface area contributed by atoms with Crippen LogP contribution < -0.4 is 5.32 Å². The molecule has 0 unspecified atom stereocenters. The van der Waals surface area contributed by atoms with Crippen LogP contribution in [-0.4, -0.2) is 31.6 Å². The van der Waals surface area contributed by atoms with Crippen LogP contribution in [0, 0.1) is 11.8 Å². The van der Waals surface area contributed by atoms with Gasteiger partial charge in [-0.05, 0) is 43.2 Å². The standard InChI is InChI=1S/C10H13NO.C9H10O.C9H12.C8H10O2S.C5H10O.5CH4/c1-8(2)10(12)11-9-6-4-3-5-7-9;1-2-9(10)8-6-4-3-5-7-8;1-2-6-9-7-4-3-5-8-9;1-2-11(9,10)8-6-4-3-5-7-8;1-4(2)5(3)6;;;;;/h3-8H,1-2H3,(H,11,12);3-7H,2H2,1H3;3-5,7-8H,2,6H2,1H3;3-7H,2H2,1H3;4H,1-3H3;5*1H4. The third kappa shape index (κ3) is 29.9. The lowest BCUT2D eigenvalue weighted by atomic mass is 10.1. The van der Waals surface area contributed by atoms with Gasteiger partial charge in [-0.2, -0.15) is 0 Å². The highest BCUT2D eigenvalue weighted by Crippen LogP contribution is 2.09. The van der Waals surface area contributed by atoms with E-state index in [0.717, 1.165) is 11.3 Å². The maximum atomic E-state index is 11.2. The van der Waals surface area contributed by atoms with Crippen LogP contribution in [0.15, 0.2) is 126 Å². The summed E-state index contributed by atoms with van der Waals surface area (Å²) in [6, 6.07) is 37.9. The smallest absolute Gasteiger partial charge is 0.226 e. The molecule has 0 spiro atoms. The summed E-state index contributed by atoms with van der Waals surface area (Å²) in [7, 11) is -3.00. The van der Waals surface area contributed by atoms with Crippen molar-refractivity contribution >= 4 is 33.0 Å². The van der Waals surface area contributed by atoms with Gasteiger partial charge < -0.3 is 5.32 Å². The molecule has 0 aliphatic heterocycles. The van der Waals surface area contributed by atoms with Crippen LogP contribution in [0.5, 0.6) is 0 Å². The van der Waals surface area contributed by atoms with E-state index in [4.69, 9.17) is 0 Å². The minimum atomic E-state index is -3.00. The van der Waals surface area contributed by atoms with Gasteiger partial charge in [0.15, 0.2) is 15.6 Å². The fraction of sp³-hybridized carbons (Fsp3) is 0.413. The van der Waals surface area contributed by atoms with E-state index in [2.05, 4.69) is 42.6 Å². The summed E-state index contributed by atoms with van der Waals surface area (Å²) in [5.41, 5.74) is 3.11. The van der Waals surface area contributed by atoms with E-state index in [1.54, 1.807) is 44.2 Å². The maximum absolute atomic E-state index is 11.2. The van der Waals surface area contributed by atoms with Crippen LogP contribution in [0.3, 0.4) is 0 Å². The van der Waals surface area contributed by atoms with Gasteiger partial charge in [0.1, 0.15) is 5.78 Å². The fourth-order valence-electron chi connectivity index (χ4n) is 3.36. The lowest BCUT2D eigenvalue weighted by Crippen LogP contribution is -2.17. The van der Waals surface area contributed by atoms with Crippen molar-refractivity contribution < 1.29 is 22.8 Å². The number of benzene rings is 4. The molecule has 0 bridgehead atoms. The van der Waals surface area contributed by atoms with Crippen molar-refractivity contribution in [3.63, 3.8) is 0 Å². The first-order valence-electron chi connectivity index (χ1n) is 16.5. The zero-order chi connectivity index (χ0) is 36.4. The number of hydrogen-bond acceptors (Lipinski definition) is 5. The molecule has 53 heavy (non-hydrogen) atoms. The van der Waals surface area contributed by atoms with Gasteiger partial charge in [0.25, 0.3) is 0 Å². The molecule has 0 saturated carbocycles. The normalized spacial score (nSPS) is 9.02. The molecule has 6 nitrogen and oxygen atoms in total. The number of carbonyl (C=O) groups is 3. The molecule has 1 N–H and O–H groups in total. The van der Waals surface area contributed by atoms with Crippen LogP contribution in [0.2, 0.25) is 0 Å². The Labute approximate surface area is 326 Å². The number of ketones is 2. The van der Waals surface area contributed by atoms with Gasteiger partial charge in [-0.3, -0.25) is 14.4 Å². The second-order valence-corrected chi connectivity index (χ2v) is 13.6. The Balaban J connectivity index is -0.000000129. The van der Waals surface area contributed by atoms with Crippen molar-refractivity contribution in [2.45, 2.75) is 117 Å². The van der Waals surface area contributed by atoms with E-state index in [0.29, 0.717) is 11.3 Å². The van der Waals surface area contributed by atoms with E-state index in [1.165, 1.54) is 18.4 Å². The maximum Gasteiger partial charge on any atom is 0.226 e. The second kappa shape index (κ2) is 36.0. The molecule has 0 radical (unpaired) electrons. The van der Waals surface area contributed by atoms with Gasteiger partial charge in [0, 0.05) is 29.5 Å². The Morgan fingerprint density at radius 2 is 0.962 bits per heavy atom. The summed E-state index contributed by atoms with van der Waals surface area (Å²) in [6.07, 6.45) is 3.04. The van der Waals surface area contributed by atoms with Crippen molar-refractivity contribution in [1.82, 2.24) is 0 Å². The highest BCUT2D eigenvalue weighted by atomic mass is 32.2. The molecule has 7 heteroatoms. The Morgan fingerprint density at radius 3 is 1.30 bits per heavy atom. The number of anilines is 1. The van der Waals surface area contributed by atoms with Crippen molar-refractivity contribution in [3.05, 3.63) is 132 Å². The molecule has 4 rings (SSSR count). The summed E-state index contributed by atoms with van der Waals surface area (Å²) in [5.74, 6) is 0.934. The molecule has 0 saturated heterocycles. The Morgan fingerprint density at radius 1 is 0.585 bits per heavy atom. The van der Waals surface area contributed by atoms with Crippen molar-refractivity contribution in [3.8, 4) is 0 Å². The summed E-state index contributed by atoms with van der Waals surface area (Å²) in [5, 5.41) is 2.80. The summed E-state index contributed by atoms with van der Waals surface area (Å²) < 4.78 is 22.4. The number of rotatable bonds is 9. The minimum absolute atomic E-state index is 0. The van der Waals surface area contributed by atoms with E-state index in [1.807, 2.05) is 95.3 Å². The third-order valence-electron chi connectivity index (χ3n) is 6.66. The lowest BCUT2D eigenvalue weighted by Gasteiger charge is -2.06. The number of aryl methyl sites for hydroxylation is 1.